The Morgan fingerprint density at radius 2 is 2.29 bits per heavy atom. The minimum atomic E-state index is 0.00904. The van der Waals surface area contributed by atoms with Gasteiger partial charge in [-0.2, -0.15) is 5.10 Å². The first kappa shape index (κ1) is 9.21. The van der Waals surface area contributed by atoms with Gasteiger partial charge in [0.25, 0.3) is 0 Å². The van der Waals surface area contributed by atoms with Gasteiger partial charge < -0.3 is 0 Å². The summed E-state index contributed by atoms with van der Waals surface area (Å²) in [7, 11) is 0. The van der Waals surface area contributed by atoms with E-state index >= 15 is 0 Å². The normalized spacial score (nSPS) is 16.1. The van der Waals surface area contributed by atoms with Crippen LogP contribution in [0, 0.1) is 0 Å². The van der Waals surface area contributed by atoms with Crippen molar-refractivity contribution in [1.82, 2.24) is 0 Å². The van der Waals surface area contributed by atoms with Crippen molar-refractivity contribution in [3.8, 4) is 0 Å². The Labute approximate surface area is 87.0 Å². The van der Waals surface area contributed by atoms with Crippen LogP contribution in [0.15, 0.2) is 29.4 Å². The number of nitrogens with zero attached hydrogens (tertiary/aromatic N) is 2. The number of hydrogen-bond donors (Lipinski definition) is 0. The quantitative estimate of drug-likeness (QED) is 0.698. The molecule has 1 heterocycles. The number of anilines is 1. The fourth-order valence-electron chi connectivity index (χ4n) is 1.32. The molecule has 1 aliphatic rings. The van der Waals surface area contributed by atoms with Crippen molar-refractivity contribution in [2.75, 3.05) is 5.01 Å². The SMILES string of the molecule is O=C1CCC=NN1c1cccc(Cl)c1. The maximum Gasteiger partial charge on any atom is 0.247 e. The van der Waals surface area contributed by atoms with Crippen LogP contribution in [0.25, 0.3) is 0 Å². The number of halogens is 1. The van der Waals surface area contributed by atoms with Gasteiger partial charge in [-0.3, -0.25) is 4.79 Å². The molecule has 72 valence electrons. The van der Waals surface area contributed by atoms with Crippen molar-refractivity contribution in [2.45, 2.75) is 12.8 Å². The maximum atomic E-state index is 11.5. The van der Waals surface area contributed by atoms with Gasteiger partial charge in [-0.15, -0.1) is 0 Å². The molecule has 0 saturated heterocycles. The number of amides is 1. The van der Waals surface area contributed by atoms with E-state index < -0.39 is 0 Å². The van der Waals surface area contributed by atoms with Crippen molar-refractivity contribution < 1.29 is 4.79 Å². The van der Waals surface area contributed by atoms with Crippen molar-refractivity contribution in [2.24, 2.45) is 5.10 Å². The fourth-order valence-corrected chi connectivity index (χ4v) is 1.50. The van der Waals surface area contributed by atoms with Crippen LogP contribution in [0.4, 0.5) is 5.69 Å². The molecule has 0 N–H and O–H groups in total. The molecule has 0 aromatic heterocycles. The van der Waals surface area contributed by atoms with Gasteiger partial charge in [0.2, 0.25) is 5.91 Å². The van der Waals surface area contributed by atoms with E-state index in [4.69, 9.17) is 11.6 Å². The molecule has 1 amide bonds. The molecule has 0 saturated carbocycles. The van der Waals surface area contributed by atoms with E-state index in [1.165, 1.54) is 5.01 Å². The fraction of sp³-hybridized carbons (Fsp3) is 0.200. The maximum absolute atomic E-state index is 11.5. The summed E-state index contributed by atoms with van der Waals surface area (Å²) in [6, 6.07) is 7.10. The lowest BCUT2D eigenvalue weighted by atomic mass is 10.2. The van der Waals surface area contributed by atoms with Gasteiger partial charge in [0.1, 0.15) is 0 Å². The van der Waals surface area contributed by atoms with Gasteiger partial charge >= 0.3 is 0 Å². The molecule has 0 radical (unpaired) electrons. The van der Waals surface area contributed by atoms with Gasteiger partial charge in [-0.1, -0.05) is 17.7 Å². The number of carbonyl (C=O) groups excluding carboxylic acids is 1. The molecule has 0 atom stereocenters. The zero-order valence-corrected chi connectivity index (χ0v) is 8.24. The van der Waals surface area contributed by atoms with Crippen molar-refractivity contribution in [1.29, 1.82) is 0 Å². The first-order valence-electron chi connectivity index (χ1n) is 4.38. The summed E-state index contributed by atoms with van der Waals surface area (Å²) in [5.74, 6) is 0.00904. The molecular formula is C10H9ClN2O. The first-order chi connectivity index (χ1) is 6.77. The summed E-state index contributed by atoms with van der Waals surface area (Å²) in [4.78, 5) is 11.5. The van der Waals surface area contributed by atoms with E-state index in [0.717, 1.165) is 12.1 Å². The third kappa shape index (κ3) is 1.77. The highest BCUT2D eigenvalue weighted by Crippen LogP contribution is 2.21. The molecule has 3 nitrogen and oxygen atoms in total. The summed E-state index contributed by atoms with van der Waals surface area (Å²) in [5, 5.41) is 6.01. The average molecular weight is 209 g/mol. The molecule has 1 aromatic carbocycles. The Balaban J connectivity index is 2.34. The van der Waals surface area contributed by atoms with E-state index in [-0.39, 0.29) is 5.91 Å². The summed E-state index contributed by atoms with van der Waals surface area (Å²) in [6.07, 6.45) is 2.97. The second-order valence-corrected chi connectivity index (χ2v) is 3.46. The van der Waals surface area contributed by atoms with Crippen LogP contribution in [0.3, 0.4) is 0 Å². The monoisotopic (exact) mass is 208 g/mol. The van der Waals surface area contributed by atoms with E-state index in [2.05, 4.69) is 5.10 Å². The Bertz CT molecular complexity index is 389. The van der Waals surface area contributed by atoms with Gasteiger partial charge in [0.15, 0.2) is 0 Å². The zero-order valence-electron chi connectivity index (χ0n) is 7.48. The summed E-state index contributed by atoms with van der Waals surface area (Å²) >= 11 is 5.82. The molecule has 0 spiro atoms. The molecule has 0 unspecified atom stereocenters. The van der Waals surface area contributed by atoms with Crippen LogP contribution in [-0.4, -0.2) is 12.1 Å². The lowest BCUT2D eigenvalue weighted by Gasteiger charge is -2.19. The van der Waals surface area contributed by atoms with Gasteiger partial charge in [-0.05, 0) is 24.6 Å². The van der Waals surface area contributed by atoms with E-state index in [1.807, 2.05) is 6.07 Å². The second-order valence-electron chi connectivity index (χ2n) is 3.02. The van der Waals surface area contributed by atoms with Crippen molar-refractivity contribution in [3.63, 3.8) is 0 Å². The van der Waals surface area contributed by atoms with Crippen LogP contribution in [-0.2, 0) is 4.79 Å². The highest BCUT2D eigenvalue weighted by molar-refractivity contribution is 6.30. The summed E-state index contributed by atoms with van der Waals surface area (Å²) in [6.45, 7) is 0. The van der Waals surface area contributed by atoms with Gasteiger partial charge in [0.05, 0.1) is 5.69 Å². The van der Waals surface area contributed by atoms with Crippen molar-refractivity contribution >= 4 is 29.4 Å². The zero-order chi connectivity index (χ0) is 9.97. The minimum Gasteiger partial charge on any atom is -0.273 e. The molecular weight excluding hydrogens is 200 g/mol. The van der Waals surface area contributed by atoms with Crippen LogP contribution >= 0.6 is 11.6 Å². The predicted molar refractivity (Wildman–Crippen MR) is 56.7 cm³/mol. The number of carbonyl (C=O) groups is 1. The first-order valence-corrected chi connectivity index (χ1v) is 4.76. The van der Waals surface area contributed by atoms with E-state index in [0.29, 0.717) is 11.4 Å². The molecule has 0 bridgehead atoms. The highest BCUT2D eigenvalue weighted by atomic mass is 35.5. The summed E-state index contributed by atoms with van der Waals surface area (Å²) in [5.41, 5.74) is 0.721. The Kier molecular flexibility index (Phi) is 2.50. The summed E-state index contributed by atoms with van der Waals surface area (Å²) < 4.78 is 0. The van der Waals surface area contributed by atoms with Crippen molar-refractivity contribution in [3.05, 3.63) is 29.3 Å². The number of rotatable bonds is 1. The Hall–Kier alpha value is -1.35. The lowest BCUT2D eigenvalue weighted by molar-refractivity contribution is -0.118. The second kappa shape index (κ2) is 3.80. The van der Waals surface area contributed by atoms with Crippen LogP contribution < -0.4 is 5.01 Å². The molecule has 2 rings (SSSR count). The Morgan fingerprint density at radius 3 is 3.00 bits per heavy atom. The topological polar surface area (TPSA) is 32.7 Å². The number of hydrogen-bond acceptors (Lipinski definition) is 2. The van der Waals surface area contributed by atoms with E-state index in [9.17, 15) is 4.79 Å². The van der Waals surface area contributed by atoms with E-state index in [1.54, 1.807) is 24.4 Å². The van der Waals surface area contributed by atoms with Crippen LogP contribution in [0.5, 0.6) is 0 Å². The van der Waals surface area contributed by atoms with Gasteiger partial charge in [0, 0.05) is 17.7 Å². The molecule has 0 fully saturated rings. The molecule has 0 aliphatic carbocycles. The molecule has 4 heteroatoms. The minimum absolute atomic E-state index is 0.00904. The Morgan fingerprint density at radius 1 is 1.43 bits per heavy atom. The molecule has 1 aromatic rings. The lowest BCUT2D eigenvalue weighted by Crippen LogP contribution is -2.28. The third-order valence-electron chi connectivity index (χ3n) is 1.97. The molecule has 1 aliphatic heterocycles. The smallest absolute Gasteiger partial charge is 0.247 e. The number of benzene rings is 1. The standard InChI is InChI=1S/C10H9ClN2O/c11-8-3-1-4-9(7-8)13-10(14)5-2-6-12-13/h1,3-4,6-7H,2,5H2. The van der Waals surface area contributed by atoms with Gasteiger partial charge in [-0.25, -0.2) is 5.01 Å². The average Bonchev–Trinajstić information content (AvgIpc) is 2.18. The highest BCUT2D eigenvalue weighted by Gasteiger charge is 2.16. The molecule has 14 heavy (non-hydrogen) atoms. The van der Waals surface area contributed by atoms with Crippen LogP contribution in [0.1, 0.15) is 12.8 Å². The largest absolute Gasteiger partial charge is 0.273 e. The third-order valence-corrected chi connectivity index (χ3v) is 2.21. The van der Waals surface area contributed by atoms with Crippen LogP contribution in [0.2, 0.25) is 5.02 Å². The predicted octanol–water partition coefficient (Wildman–Crippen LogP) is 2.45. The number of hydrazone groups is 1.